The molecule has 0 saturated heterocycles. The van der Waals surface area contributed by atoms with Crippen LogP contribution in [-0.4, -0.2) is 43.2 Å². The summed E-state index contributed by atoms with van der Waals surface area (Å²) in [7, 11) is 4.68. The van der Waals surface area contributed by atoms with Crippen LogP contribution >= 0.6 is 11.8 Å². The lowest BCUT2D eigenvalue weighted by Crippen LogP contribution is -2.14. The predicted octanol–water partition coefficient (Wildman–Crippen LogP) is 5.39. The summed E-state index contributed by atoms with van der Waals surface area (Å²) in [6.45, 7) is 0. The fourth-order valence-corrected chi connectivity index (χ4v) is 4.21. The van der Waals surface area contributed by atoms with Crippen LogP contribution in [0.3, 0.4) is 0 Å². The quantitative estimate of drug-likeness (QED) is 0.286. The first kappa shape index (κ1) is 22.6. The Hall–Kier alpha value is -4.18. The normalized spacial score (nSPS) is 11.1. The van der Waals surface area contributed by atoms with Gasteiger partial charge in [-0.15, -0.1) is 10.2 Å². The lowest BCUT2D eigenvalue weighted by Gasteiger charge is -2.09. The molecule has 2 aromatic heterocycles. The highest BCUT2D eigenvalue weighted by molar-refractivity contribution is 7.99. The maximum atomic E-state index is 12.7. The van der Waals surface area contributed by atoms with Crippen molar-refractivity contribution in [2.24, 2.45) is 0 Å². The van der Waals surface area contributed by atoms with Gasteiger partial charge in [0.1, 0.15) is 28.4 Å². The van der Waals surface area contributed by atoms with E-state index in [2.05, 4.69) is 15.5 Å². The number of carbonyl (C=O) groups excluding carboxylic acids is 1. The number of amides is 1. The third-order valence-electron chi connectivity index (χ3n) is 5.30. The van der Waals surface area contributed by atoms with Crippen molar-refractivity contribution in [1.82, 2.24) is 10.2 Å². The summed E-state index contributed by atoms with van der Waals surface area (Å²) < 4.78 is 27.7. The fraction of sp³-hybridized carbons (Fsp3) is 0.160. The minimum atomic E-state index is -0.258. The maximum absolute atomic E-state index is 12.7. The highest BCUT2D eigenvalue weighted by Gasteiger charge is 2.16. The zero-order valence-electron chi connectivity index (χ0n) is 19.2. The first-order chi connectivity index (χ1) is 17.1. The molecule has 0 saturated carbocycles. The smallest absolute Gasteiger partial charge is 0.277 e. The lowest BCUT2D eigenvalue weighted by molar-refractivity contribution is -0.113. The number of rotatable bonds is 8. The molecule has 0 aliphatic heterocycles. The fourth-order valence-electron chi connectivity index (χ4n) is 3.65. The van der Waals surface area contributed by atoms with Crippen LogP contribution in [0.5, 0.6) is 17.2 Å². The van der Waals surface area contributed by atoms with Crippen LogP contribution in [0.25, 0.3) is 33.4 Å². The molecule has 9 nitrogen and oxygen atoms in total. The third-order valence-corrected chi connectivity index (χ3v) is 6.12. The second kappa shape index (κ2) is 9.59. The van der Waals surface area contributed by atoms with Crippen molar-refractivity contribution in [2.45, 2.75) is 5.22 Å². The molecule has 0 unspecified atom stereocenters. The summed E-state index contributed by atoms with van der Waals surface area (Å²) in [6, 6.07) is 16.6. The van der Waals surface area contributed by atoms with Gasteiger partial charge in [0.2, 0.25) is 11.8 Å². The summed E-state index contributed by atoms with van der Waals surface area (Å²) in [5, 5.41) is 13.1. The molecule has 0 radical (unpaired) electrons. The Bertz CT molecular complexity index is 1500. The Labute approximate surface area is 204 Å². The molecule has 1 N–H and O–H groups in total. The van der Waals surface area contributed by atoms with Gasteiger partial charge in [-0.3, -0.25) is 4.79 Å². The van der Waals surface area contributed by atoms with Crippen LogP contribution in [0.2, 0.25) is 0 Å². The van der Waals surface area contributed by atoms with E-state index in [1.54, 1.807) is 45.6 Å². The molecular weight excluding hydrogens is 470 g/mol. The van der Waals surface area contributed by atoms with Crippen molar-refractivity contribution in [2.75, 3.05) is 32.4 Å². The number of hydrogen-bond acceptors (Lipinski definition) is 9. The van der Waals surface area contributed by atoms with Crippen molar-refractivity contribution in [3.05, 3.63) is 54.6 Å². The zero-order valence-corrected chi connectivity index (χ0v) is 20.0. The maximum Gasteiger partial charge on any atom is 0.277 e. The molecule has 5 rings (SSSR count). The summed E-state index contributed by atoms with van der Waals surface area (Å²) in [6.07, 6.45) is 0. The second-order valence-electron chi connectivity index (χ2n) is 7.46. The van der Waals surface area contributed by atoms with Crippen molar-refractivity contribution in [3.8, 4) is 28.7 Å². The molecule has 178 valence electrons. The van der Waals surface area contributed by atoms with E-state index in [0.29, 0.717) is 40.0 Å². The van der Waals surface area contributed by atoms with Gasteiger partial charge in [-0.25, -0.2) is 0 Å². The van der Waals surface area contributed by atoms with Crippen molar-refractivity contribution in [3.63, 3.8) is 0 Å². The number of fused-ring (bicyclic) bond motifs is 3. The van der Waals surface area contributed by atoms with Crippen molar-refractivity contribution < 1.29 is 27.8 Å². The van der Waals surface area contributed by atoms with Gasteiger partial charge in [0.25, 0.3) is 5.22 Å². The first-order valence-electron chi connectivity index (χ1n) is 10.6. The average Bonchev–Trinajstić information content (AvgIpc) is 3.51. The summed E-state index contributed by atoms with van der Waals surface area (Å²) in [5.41, 5.74) is 2.59. The Morgan fingerprint density at radius 2 is 1.66 bits per heavy atom. The van der Waals surface area contributed by atoms with Crippen LogP contribution in [0, 0.1) is 0 Å². The number of aromatic nitrogens is 2. The van der Waals surface area contributed by atoms with Crippen LogP contribution in [0.15, 0.2) is 68.7 Å². The first-order valence-corrected chi connectivity index (χ1v) is 11.6. The van der Waals surface area contributed by atoms with Gasteiger partial charge >= 0.3 is 0 Å². The monoisotopic (exact) mass is 491 g/mol. The van der Waals surface area contributed by atoms with Crippen LogP contribution in [0.1, 0.15) is 0 Å². The number of thioether (sulfide) groups is 1. The molecule has 5 aromatic rings. The number of ether oxygens (including phenoxy) is 3. The van der Waals surface area contributed by atoms with E-state index in [1.165, 1.54) is 0 Å². The average molecular weight is 492 g/mol. The lowest BCUT2D eigenvalue weighted by atomic mass is 10.1. The van der Waals surface area contributed by atoms with Crippen LogP contribution in [0.4, 0.5) is 5.69 Å². The minimum Gasteiger partial charge on any atom is -0.497 e. The molecule has 0 atom stereocenters. The molecule has 0 fully saturated rings. The van der Waals surface area contributed by atoms with Gasteiger partial charge < -0.3 is 28.4 Å². The number of carbonyl (C=O) groups is 1. The number of methoxy groups -OCH3 is 3. The molecule has 35 heavy (non-hydrogen) atoms. The number of hydrogen-bond donors (Lipinski definition) is 1. The van der Waals surface area contributed by atoms with Crippen LogP contribution in [-0.2, 0) is 4.79 Å². The van der Waals surface area contributed by atoms with Gasteiger partial charge in [-0.2, -0.15) is 0 Å². The topological polar surface area (TPSA) is 109 Å². The van der Waals surface area contributed by atoms with Gasteiger partial charge in [-0.05, 0) is 24.3 Å². The number of nitrogens with one attached hydrogen (secondary N) is 1. The molecule has 0 spiro atoms. The third kappa shape index (κ3) is 4.60. The van der Waals surface area contributed by atoms with E-state index in [-0.39, 0.29) is 16.9 Å². The zero-order chi connectivity index (χ0) is 24.4. The summed E-state index contributed by atoms with van der Waals surface area (Å²) >= 11 is 1.12. The van der Waals surface area contributed by atoms with E-state index < -0.39 is 0 Å². The van der Waals surface area contributed by atoms with Gasteiger partial charge in [-0.1, -0.05) is 30.0 Å². The predicted molar refractivity (Wildman–Crippen MR) is 132 cm³/mol. The molecule has 0 bridgehead atoms. The van der Waals surface area contributed by atoms with Crippen molar-refractivity contribution in [1.29, 1.82) is 0 Å². The van der Waals surface area contributed by atoms with E-state index in [4.69, 9.17) is 23.0 Å². The van der Waals surface area contributed by atoms with Crippen molar-refractivity contribution >= 4 is 45.3 Å². The number of nitrogens with zero attached hydrogens (tertiary/aromatic N) is 2. The Morgan fingerprint density at radius 3 is 2.40 bits per heavy atom. The molecule has 1 amide bonds. The van der Waals surface area contributed by atoms with Gasteiger partial charge in [0.15, 0.2) is 0 Å². The molecule has 10 heteroatoms. The molecule has 0 aliphatic carbocycles. The minimum absolute atomic E-state index is 0.0599. The van der Waals surface area contributed by atoms with E-state index >= 15 is 0 Å². The highest BCUT2D eigenvalue weighted by atomic mass is 32.2. The van der Waals surface area contributed by atoms with Crippen LogP contribution < -0.4 is 19.5 Å². The Balaban J connectivity index is 1.29. The Morgan fingerprint density at radius 1 is 0.886 bits per heavy atom. The number of furan rings is 1. The molecule has 3 aromatic carbocycles. The molecule has 0 aliphatic rings. The Kier molecular flexibility index (Phi) is 6.19. The van der Waals surface area contributed by atoms with Gasteiger partial charge in [0.05, 0.1) is 32.8 Å². The SMILES string of the molecule is COc1cc(OC)cc(-c2nnc(SCC(=O)Nc3cc4oc5ccccc5c4cc3OC)o2)c1. The van der Waals surface area contributed by atoms with Gasteiger partial charge in [0, 0.05) is 28.5 Å². The van der Waals surface area contributed by atoms with E-state index in [0.717, 1.165) is 28.1 Å². The van der Waals surface area contributed by atoms with E-state index in [1.807, 2.05) is 30.3 Å². The standard InChI is InChI=1S/C25H21N3O6S/c1-30-15-8-14(9-16(10-15)31-2)24-27-28-25(34-24)35-13-23(29)26-19-12-21-18(11-22(19)32-3)17-6-4-5-7-20(17)33-21/h4-12H,13H2,1-3H3,(H,26,29). The van der Waals surface area contributed by atoms with E-state index in [9.17, 15) is 4.79 Å². The summed E-state index contributed by atoms with van der Waals surface area (Å²) in [4.78, 5) is 12.7. The molecular formula is C25H21N3O6S. The summed E-state index contributed by atoms with van der Waals surface area (Å²) in [5.74, 6) is 1.83. The second-order valence-corrected chi connectivity index (χ2v) is 8.38. The molecule has 2 heterocycles. The largest absolute Gasteiger partial charge is 0.497 e. The number of anilines is 1. The number of para-hydroxylation sites is 1. The highest BCUT2D eigenvalue weighted by Crippen LogP contribution is 2.36. The number of benzene rings is 3.